The molecule has 152 valence electrons. The Kier molecular flexibility index (Phi) is 5.12. The summed E-state index contributed by atoms with van der Waals surface area (Å²) < 4.78 is 39.1. The zero-order chi connectivity index (χ0) is 20.7. The molecule has 1 heterocycles. The van der Waals surface area contributed by atoms with Crippen molar-refractivity contribution in [2.24, 2.45) is 5.92 Å². The number of hydrogen-bond donors (Lipinski definition) is 2. The van der Waals surface area contributed by atoms with Gasteiger partial charge in [0.1, 0.15) is 12.1 Å². The first kappa shape index (κ1) is 20.2. The quantitative estimate of drug-likeness (QED) is 0.767. The number of rotatable bonds is 3. The molecular formula is C19H22F3N3O3. The summed E-state index contributed by atoms with van der Waals surface area (Å²) in [4.78, 5) is 38.3. The van der Waals surface area contributed by atoms with Crippen LogP contribution in [0.2, 0.25) is 0 Å². The smallest absolute Gasteiger partial charge is 0.325 e. The van der Waals surface area contributed by atoms with E-state index in [1.165, 1.54) is 19.1 Å². The third-order valence-corrected chi connectivity index (χ3v) is 5.63. The molecule has 1 aromatic rings. The number of carbonyl (C=O) groups excluding carboxylic acids is 3. The predicted octanol–water partition coefficient (Wildman–Crippen LogP) is 3.45. The minimum absolute atomic E-state index is 0.0350. The van der Waals surface area contributed by atoms with Crippen LogP contribution < -0.4 is 10.6 Å². The van der Waals surface area contributed by atoms with Gasteiger partial charge in [0, 0.05) is 5.69 Å². The van der Waals surface area contributed by atoms with Gasteiger partial charge in [-0.05, 0) is 43.4 Å². The number of imide groups is 1. The maximum Gasteiger partial charge on any atom is 0.416 e. The van der Waals surface area contributed by atoms with Gasteiger partial charge < -0.3 is 10.6 Å². The number of halogens is 3. The van der Waals surface area contributed by atoms with Gasteiger partial charge >= 0.3 is 12.2 Å². The van der Waals surface area contributed by atoms with Crippen molar-refractivity contribution in [3.8, 4) is 0 Å². The third-order valence-electron chi connectivity index (χ3n) is 5.63. The van der Waals surface area contributed by atoms with Crippen molar-refractivity contribution < 1.29 is 27.6 Å². The van der Waals surface area contributed by atoms with Gasteiger partial charge in [0.15, 0.2) is 0 Å². The first-order valence-corrected chi connectivity index (χ1v) is 9.16. The highest BCUT2D eigenvalue weighted by atomic mass is 19.4. The lowest BCUT2D eigenvalue weighted by Crippen LogP contribution is -2.54. The summed E-state index contributed by atoms with van der Waals surface area (Å²) in [6.07, 6.45) is -1.44. The Morgan fingerprint density at radius 2 is 2.04 bits per heavy atom. The zero-order valence-corrected chi connectivity index (χ0v) is 15.7. The van der Waals surface area contributed by atoms with Gasteiger partial charge in [0.2, 0.25) is 5.91 Å². The van der Waals surface area contributed by atoms with Crippen LogP contribution in [0.5, 0.6) is 0 Å². The maximum atomic E-state index is 13.0. The Bertz CT molecular complexity index is 824. The zero-order valence-electron chi connectivity index (χ0n) is 15.7. The molecule has 28 heavy (non-hydrogen) atoms. The highest BCUT2D eigenvalue weighted by Gasteiger charge is 2.55. The second kappa shape index (κ2) is 7.10. The van der Waals surface area contributed by atoms with Crippen LogP contribution >= 0.6 is 0 Å². The predicted molar refractivity (Wildman–Crippen MR) is 95.4 cm³/mol. The van der Waals surface area contributed by atoms with Crippen LogP contribution in [-0.4, -0.2) is 34.8 Å². The number of nitrogens with one attached hydrogen (secondary N) is 2. The van der Waals surface area contributed by atoms with E-state index in [0.29, 0.717) is 6.42 Å². The lowest BCUT2D eigenvalue weighted by atomic mass is 9.73. The van der Waals surface area contributed by atoms with Crippen LogP contribution in [0.25, 0.3) is 0 Å². The van der Waals surface area contributed by atoms with Crippen molar-refractivity contribution in [3.05, 3.63) is 29.3 Å². The van der Waals surface area contributed by atoms with E-state index in [2.05, 4.69) is 10.6 Å². The number of amides is 4. The first-order chi connectivity index (χ1) is 13.0. The number of alkyl halides is 3. The molecule has 0 radical (unpaired) electrons. The Morgan fingerprint density at radius 1 is 1.32 bits per heavy atom. The molecule has 1 saturated heterocycles. The van der Waals surface area contributed by atoms with Crippen LogP contribution in [0.15, 0.2) is 18.2 Å². The summed E-state index contributed by atoms with van der Waals surface area (Å²) in [6, 6.07) is 2.79. The summed E-state index contributed by atoms with van der Waals surface area (Å²) in [6.45, 7) is 2.67. The van der Waals surface area contributed by atoms with Crippen molar-refractivity contribution in [2.75, 3.05) is 11.9 Å². The van der Waals surface area contributed by atoms with Gasteiger partial charge in [-0.1, -0.05) is 25.8 Å². The molecule has 2 N–H and O–H groups in total. The van der Waals surface area contributed by atoms with E-state index in [0.717, 1.165) is 30.2 Å². The van der Waals surface area contributed by atoms with Crippen molar-refractivity contribution in [1.82, 2.24) is 10.2 Å². The van der Waals surface area contributed by atoms with Crippen molar-refractivity contribution in [3.63, 3.8) is 0 Å². The summed E-state index contributed by atoms with van der Waals surface area (Å²) in [5.74, 6) is -1.22. The van der Waals surface area contributed by atoms with E-state index in [-0.39, 0.29) is 17.2 Å². The van der Waals surface area contributed by atoms with Gasteiger partial charge in [-0.25, -0.2) is 4.79 Å². The minimum Gasteiger partial charge on any atom is -0.325 e. The van der Waals surface area contributed by atoms with Gasteiger partial charge in [-0.15, -0.1) is 0 Å². The van der Waals surface area contributed by atoms with Gasteiger partial charge in [-0.3, -0.25) is 14.5 Å². The molecule has 1 aromatic carbocycles. The molecule has 1 saturated carbocycles. The molecular weight excluding hydrogens is 375 g/mol. The minimum atomic E-state index is -4.54. The molecule has 2 fully saturated rings. The average Bonchev–Trinajstić information content (AvgIpc) is 2.83. The molecule has 1 aliphatic heterocycles. The largest absolute Gasteiger partial charge is 0.416 e. The van der Waals surface area contributed by atoms with Gasteiger partial charge in [0.05, 0.1) is 5.56 Å². The fourth-order valence-electron chi connectivity index (χ4n) is 3.99. The molecule has 2 atom stereocenters. The highest BCUT2D eigenvalue weighted by Crippen LogP contribution is 2.38. The third kappa shape index (κ3) is 3.57. The molecule has 3 rings (SSSR count). The van der Waals surface area contributed by atoms with E-state index in [4.69, 9.17) is 0 Å². The molecule has 9 heteroatoms. The Balaban J connectivity index is 1.72. The van der Waals surface area contributed by atoms with Crippen LogP contribution in [0, 0.1) is 12.8 Å². The molecule has 1 spiro atoms. The second-order valence-electron chi connectivity index (χ2n) is 7.52. The van der Waals surface area contributed by atoms with Gasteiger partial charge in [0.25, 0.3) is 5.91 Å². The van der Waals surface area contributed by atoms with Crippen LogP contribution in [0.1, 0.15) is 43.7 Å². The molecule has 1 aliphatic carbocycles. The molecule has 2 unspecified atom stereocenters. The van der Waals surface area contributed by atoms with Crippen LogP contribution in [0.3, 0.4) is 0 Å². The lowest BCUT2D eigenvalue weighted by molar-refractivity contribution is -0.138. The molecule has 0 aromatic heterocycles. The molecule has 4 amide bonds. The molecule has 6 nitrogen and oxygen atoms in total. The SMILES string of the molecule is Cc1ccc(NC(=O)CN2C(=O)NC3(CCCCC3C)C2=O)cc1C(F)(F)F. The Morgan fingerprint density at radius 3 is 2.68 bits per heavy atom. The summed E-state index contributed by atoms with van der Waals surface area (Å²) in [5, 5.41) is 5.07. The van der Waals surface area contributed by atoms with E-state index in [1.54, 1.807) is 0 Å². The Labute approximate surface area is 160 Å². The van der Waals surface area contributed by atoms with E-state index in [1.807, 2.05) is 6.92 Å². The number of anilines is 1. The van der Waals surface area contributed by atoms with E-state index < -0.39 is 41.7 Å². The topological polar surface area (TPSA) is 78.5 Å². The normalized spacial score (nSPS) is 25.2. The fraction of sp³-hybridized carbons (Fsp3) is 0.526. The molecule has 0 bridgehead atoms. The fourth-order valence-corrected chi connectivity index (χ4v) is 3.99. The number of carbonyl (C=O) groups is 3. The number of aryl methyl sites for hydroxylation is 1. The van der Waals surface area contributed by atoms with Crippen molar-refractivity contribution >= 4 is 23.5 Å². The van der Waals surface area contributed by atoms with E-state index in [9.17, 15) is 27.6 Å². The summed E-state index contributed by atoms with van der Waals surface area (Å²) in [5.41, 5.74) is -1.85. The number of urea groups is 1. The van der Waals surface area contributed by atoms with E-state index >= 15 is 0 Å². The standard InChI is InChI=1S/C19H22F3N3O3/c1-11-6-7-13(9-14(11)19(20,21)22)23-15(26)10-25-16(27)18(24-17(25)28)8-4-3-5-12(18)2/h6-7,9,12H,3-5,8,10H2,1-2H3,(H,23,26)(H,24,28). The number of nitrogens with zero attached hydrogens (tertiary/aromatic N) is 1. The Hall–Kier alpha value is -2.58. The highest BCUT2D eigenvalue weighted by molar-refractivity contribution is 6.10. The van der Waals surface area contributed by atoms with Crippen LogP contribution in [-0.2, 0) is 15.8 Å². The number of benzene rings is 1. The van der Waals surface area contributed by atoms with Crippen LogP contribution in [0.4, 0.5) is 23.7 Å². The monoisotopic (exact) mass is 397 g/mol. The maximum absolute atomic E-state index is 13.0. The first-order valence-electron chi connectivity index (χ1n) is 9.16. The summed E-state index contributed by atoms with van der Waals surface area (Å²) in [7, 11) is 0. The molecule has 2 aliphatic rings. The van der Waals surface area contributed by atoms with Gasteiger partial charge in [-0.2, -0.15) is 13.2 Å². The summed E-state index contributed by atoms with van der Waals surface area (Å²) >= 11 is 0. The van der Waals surface area contributed by atoms with Crippen molar-refractivity contribution in [1.29, 1.82) is 0 Å². The second-order valence-corrected chi connectivity index (χ2v) is 7.52. The lowest BCUT2D eigenvalue weighted by Gasteiger charge is -2.36. The average molecular weight is 397 g/mol. The van der Waals surface area contributed by atoms with Crippen molar-refractivity contribution in [2.45, 2.75) is 51.2 Å². The number of hydrogen-bond acceptors (Lipinski definition) is 3.